The Bertz CT molecular complexity index is 244. The van der Waals surface area contributed by atoms with Gasteiger partial charge in [0, 0.05) is 20.8 Å². The number of likely N-dealkylation sites (tertiary alicyclic amines) is 1. The van der Waals surface area contributed by atoms with Gasteiger partial charge in [0.05, 0.1) is 0 Å². The number of hydrogen-bond acceptors (Lipinski definition) is 4. The summed E-state index contributed by atoms with van der Waals surface area (Å²) < 4.78 is 10.0. The standard InChI is InChI=1S/C10H17NO4/c1-4-5-6-11-9(12)7(14-2)8(15-3)10(11)13/h4,7-9,12H,1,5-6H2,2-3H3/t7-,8-,9?/m1/s1. The lowest BCUT2D eigenvalue weighted by molar-refractivity contribution is -0.139. The molecule has 0 bridgehead atoms. The number of aliphatic hydroxyl groups is 1. The first kappa shape index (κ1) is 12.2. The Labute approximate surface area is 89.3 Å². The first-order valence-corrected chi connectivity index (χ1v) is 4.82. The van der Waals surface area contributed by atoms with E-state index < -0.39 is 18.4 Å². The number of carbonyl (C=O) groups is 1. The van der Waals surface area contributed by atoms with Crippen molar-refractivity contribution in [1.82, 2.24) is 4.90 Å². The van der Waals surface area contributed by atoms with Crippen LogP contribution in [0, 0.1) is 0 Å². The van der Waals surface area contributed by atoms with Gasteiger partial charge in [-0.25, -0.2) is 0 Å². The Balaban J connectivity index is 2.73. The second kappa shape index (κ2) is 5.25. The maximum Gasteiger partial charge on any atom is 0.256 e. The number of methoxy groups -OCH3 is 2. The van der Waals surface area contributed by atoms with Crippen LogP contribution in [0.2, 0.25) is 0 Å². The van der Waals surface area contributed by atoms with Gasteiger partial charge in [0.15, 0.2) is 12.3 Å². The van der Waals surface area contributed by atoms with E-state index >= 15 is 0 Å². The summed E-state index contributed by atoms with van der Waals surface area (Å²) in [7, 11) is 2.88. The quantitative estimate of drug-likeness (QED) is 0.643. The highest BCUT2D eigenvalue weighted by Crippen LogP contribution is 2.22. The molecule has 5 nitrogen and oxygen atoms in total. The third-order valence-electron chi connectivity index (χ3n) is 2.54. The Kier molecular flexibility index (Phi) is 4.26. The lowest BCUT2D eigenvalue weighted by Crippen LogP contribution is -2.38. The highest BCUT2D eigenvalue weighted by Gasteiger charge is 2.47. The molecule has 0 aromatic rings. The number of hydrogen-bond donors (Lipinski definition) is 1. The molecule has 1 amide bonds. The monoisotopic (exact) mass is 215 g/mol. The van der Waals surface area contributed by atoms with Gasteiger partial charge in [0.25, 0.3) is 5.91 Å². The van der Waals surface area contributed by atoms with Crippen LogP contribution in [0.5, 0.6) is 0 Å². The summed E-state index contributed by atoms with van der Waals surface area (Å²) in [5, 5.41) is 9.81. The van der Waals surface area contributed by atoms with Gasteiger partial charge in [-0.05, 0) is 6.42 Å². The van der Waals surface area contributed by atoms with Crippen LogP contribution in [0.1, 0.15) is 6.42 Å². The number of carbonyl (C=O) groups excluding carboxylic acids is 1. The molecule has 1 N–H and O–H groups in total. The molecule has 0 aromatic carbocycles. The third-order valence-corrected chi connectivity index (χ3v) is 2.54. The summed E-state index contributed by atoms with van der Waals surface area (Å²) in [6, 6.07) is 0. The predicted molar refractivity (Wildman–Crippen MR) is 54.1 cm³/mol. The number of amides is 1. The lowest BCUT2D eigenvalue weighted by atomic mass is 10.2. The fraction of sp³-hybridized carbons (Fsp3) is 0.700. The summed E-state index contributed by atoms with van der Waals surface area (Å²) >= 11 is 0. The maximum absolute atomic E-state index is 11.7. The lowest BCUT2D eigenvalue weighted by Gasteiger charge is -2.21. The van der Waals surface area contributed by atoms with E-state index in [9.17, 15) is 9.90 Å². The second-order valence-electron chi connectivity index (χ2n) is 3.38. The van der Waals surface area contributed by atoms with Gasteiger partial charge in [0.2, 0.25) is 0 Å². The molecule has 1 aliphatic rings. The van der Waals surface area contributed by atoms with E-state index in [1.807, 2.05) is 0 Å². The van der Waals surface area contributed by atoms with Gasteiger partial charge in [0.1, 0.15) is 6.10 Å². The number of rotatable bonds is 5. The molecule has 0 aliphatic carbocycles. The molecule has 3 atom stereocenters. The van der Waals surface area contributed by atoms with Gasteiger partial charge >= 0.3 is 0 Å². The van der Waals surface area contributed by atoms with Gasteiger partial charge in [-0.2, -0.15) is 0 Å². The molecule has 1 aliphatic heterocycles. The summed E-state index contributed by atoms with van der Waals surface area (Å²) in [6.45, 7) is 4.00. The number of ether oxygens (including phenoxy) is 2. The zero-order chi connectivity index (χ0) is 11.4. The summed E-state index contributed by atoms with van der Waals surface area (Å²) in [5.74, 6) is -0.237. The fourth-order valence-electron chi connectivity index (χ4n) is 1.72. The van der Waals surface area contributed by atoms with Crippen LogP contribution < -0.4 is 0 Å². The van der Waals surface area contributed by atoms with Crippen molar-refractivity contribution in [2.45, 2.75) is 24.9 Å². The van der Waals surface area contributed by atoms with Crippen LogP contribution in [0.4, 0.5) is 0 Å². The van der Waals surface area contributed by atoms with Gasteiger partial charge in [-0.3, -0.25) is 4.79 Å². The first-order valence-electron chi connectivity index (χ1n) is 4.82. The molecule has 1 heterocycles. The van der Waals surface area contributed by atoms with Crippen molar-refractivity contribution < 1.29 is 19.4 Å². The molecule has 1 rings (SSSR count). The molecule has 0 aromatic heterocycles. The summed E-state index contributed by atoms with van der Waals surface area (Å²) in [5.41, 5.74) is 0. The average Bonchev–Trinajstić information content (AvgIpc) is 2.47. The third kappa shape index (κ3) is 2.19. The van der Waals surface area contributed by atoms with Crippen molar-refractivity contribution in [3.8, 4) is 0 Å². The Morgan fingerprint density at radius 2 is 2.20 bits per heavy atom. The Morgan fingerprint density at radius 1 is 1.53 bits per heavy atom. The highest BCUT2D eigenvalue weighted by molar-refractivity contribution is 5.84. The van der Waals surface area contributed by atoms with Crippen molar-refractivity contribution in [2.24, 2.45) is 0 Å². The predicted octanol–water partition coefficient (Wildman–Crippen LogP) is -0.247. The topological polar surface area (TPSA) is 59.0 Å². The normalized spacial score (nSPS) is 31.0. The zero-order valence-electron chi connectivity index (χ0n) is 9.05. The second-order valence-corrected chi connectivity index (χ2v) is 3.38. The van der Waals surface area contributed by atoms with Crippen molar-refractivity contribution in [2.75, 3.05) is 20.8 Å². The van der Waals surface area contributed by atoms with Crippen LogP contribution in [-0.4, -0.2) is 55.1 Å². The molecule has 0 radical (unpaired) electrons. The Morgan fingerprint density at radius 3 is 2.60 bits per heavy atom. The molecule has 5 heteroatoms. The highest BCUT2D eigenvalue weighted by atomic mass is 16.5. The SMILES string of the molecule is C=CCCN1C(=O)[C@H](OC)[C@@H](OC)C1O. The number of nitrogens with zero attached hydrogens (tertiary/aromatic N) is 1. The van der Waals surface area contributed by atoms with Crippen molar-refractivity contribution in [3.05, 3.63) is 12.7 Å². The molecule has 0 saturated carbocycles. The van der Waals surface area contributed by atoms with Crippen LogP contribution in [0.15, 0.2) is 12.7 Å². The average molecular weight is 215 g/mol. The van der Waals surface area contributed by atoms with Crippen LogP contribution in [0.3, 0.4) is 0 Å². The Hall–Kier alpha value is -0.910. The van der Waals surface area contributed by atoms with Gasteiger partial charge < -0.3 is 19.5 Å². The zero-order valence-corrected chi connectivity index (χ0v) is 9.05. The van der Waals surface area contributed by atoms with E-state index in [1.54, 1.807) is 6.08 Å². The molecule has 1 unspecified atom stereocenters. The maximum atomic E-state index is 11.7. The van der Waals surface area contributed by atoms with Crippen LogP contribution in [-0.2, 0) is 14.3 Å². The molecule has 15 heavy (non-hydrogen) atoms. The van der Waals surface area contributed by atoms with E-state index in [0.29, 0.717) is 13.0 Å². The van der Waals surface area contributed by atoms with Crippen molar-refractivity contribution in [1.29, 1.82) is 0 Å². The van der Waals surface area contributed by atoms with Gasteiger partial charge in [-0.15, -0.1) is 6.58 Å². The number of aliphatic hydroxyl groups excluding tert-OH is 1. The van der Waals surface area contributed by atoms with Crippen molar-refractivity contribution >= 4 is 5.91 Å². The smallest absolute Gasteiger partial charge is 0.256 e. The largest absolute Gasteiger partial charge is 0.373 e. The fourth-order valence-corrected chi connectivity index (χ4v) is 1.72. The minimum Gasteiger partial charge on any atom is -0.373 e. The van der Waals surface area contributed by atoms with Crippen LogP contribution in [0.25, 0.3) is 0 Å². The van der Waals surface area contributed by atoms with E-state index in [4.69, 9.17) is 9.47 Å². The molecular weight excluding hydrogens is 198 g/mol. The molecule has 0 spiro atoms. The minimum absolute atomic E-state index is 0.237. The molecule has 1 fully saturated rings. The minimum atomic E-state index is -0.938. The summed E-state index contributed by atoms with van der Waals surface area (Å²) in [4.78, 5) is 13.1. The van der Waals surface area contributed by atoms with Crippen LogP contribution >= 0.6 is 0 Å². The van der Waals surface area contributed by atoms with Gasteiger partial charge in [-0.1, -0.05) is 6.08 Å². The van der Waals surface area contributed by atoms with E-state index in [-0.39, 0.29) is 5.91 Å². The first-order chi connectivity index (χ1) is 7.17. The summed E-state index contributed by atoms with van der Waals surface area (Å²) in [6.07, 6.45) is 0.0620. The molecular formula is C10H17NO4. The van der Waals surface area contributed by atoms with E-state index in [1.165, 1.54) is 19.1 Å². The molecule has 86 valence electrons. The molecule has 1 saturated heterocycles. The van der Waals surface area contributed by atoms with E-state index in [2.05, 4.69) is 6.58 Å². The van der Waals surface area contributed by atoms with E-state index in [0.717, 1.165) is 0 Å². The van der Waals surface area contributed by atoms with Crippen molar-refractivity contribution in [3.63, 3.8) is 0 Å².